The Balaban J connectivity index is 1.61. The fraction of sp³-hybridized carbons (Fsp3) is 0.364. The Hall–Kier alpha value is -2.89. The zero-order valence-electron chi connectivity index (χ0n) is 17.0. The summed E-state index contributed by atoms with van der Waals surface area (Å²) >= 11 is 0. The molecule has 1 heterocycles. The highest BCUT2D eigenvalue weighted by molar-refractivity contribution is 7.89. The third-order valence-corrected chi connectivity index (χ3v) is 6.92. The summed E-state index contributed by atoms with van der Waals surface area (Å²) in [6.07, 6.45) is 1.14. The van der Waals surface area contributed by atoms with E-state index < -0.39 is 16.1 Å². The van der Waals surface area contributed by atoms with Crippen molar-refractivity contribution in [2.75, 3.05) is 18.4 Å². The summed E-state index contributed by atoms with van der Waals surface area (Å²) in [5.41, 5.74) is 0.995. The van der Waals surface area contributed by atoms with Gasteiger partial charge in [0.1, 0.15) is 5.75 Å². The normalized spacial score (nSPS) is 18.2. The smallest absolute Gasteiger partial charge is 0.265 e. The molecule has 0 radical (unpaired) electrons. The van der Waals surface area contributed by atoms with Gasteiger partial charge in [0.15, 0.2) is 6.10 Å². The topological polar surface area (TPSA) is 99.5 Å². The van der Waals surface area contributed by atoms with E-state index in [-0.39, 0.29) is 10.8 Å². The fourth-order valence-electron chi connectivity index (χ4n) is 3.33. The van der Waals surface area contributed by atoms with Crippen molar-refractivity contribution in [3.63, 3.8) is 0 Å². The monoisotopic (exact) mass is 427 g/mol. The van der Waals surface area contributed by atoms with Gasteiger partial charge in [-0.05, 0) is 74.2 Å². The van der Waals surface area contributed by atoms with E-state index in [0.717, 1.165) is 12.8 Å². The van der Waals surface area contributed by atoms with E-state index in [1.807, 2.05) is 6.07 Å². The van der Waals surface area contributed by atoms with Gasteiger partial charge in [-0.1, -0.05) is 6.92 Å². The maximum atomic E-state index is 12.8. The summed E-state index contributed by atoms with van der Waals surface area (Å²) in [6.45, 7) is 4.74. The number of piperidine rings is 1. The molecule has 1 N–H and O–H groups in total. The maximum Gasteiger partial charge on any atom is 0.265 e. The average Bonchev–Trinajstić information content (AvgIpc) is 2.74. The summed E-state index contributed by atoms with van der Waals surface area (Å²) in [5.74, 6) is 0.471. The van der Waals surface area contributed by atoms with Gasteiger partial charge < -0.3 is 10.1 Å². The van der Waals surface area contributed by atoms with E-state index in [0.29, 0.717) is 36.0 Å². The third-order valence-electron chi connectivity index (χ3n) is 5.04. The molecule has 2 unspecified atom stereocenters. The van der Waals surface area contributed by atoms with Crippen LogP contribution in [0.15, 0.2) is 53.4 Å². The van der Waals surface area contributed by atoms with Gasteiger partial charge in [0.2, 0.25) is 10.0 Å². The summed E-state index contributed by atoms with van der Waals surface area (Å²) in [7, 11) is -3.53. The van der Waals surface area contributed by atoms with Gasteiger partial charge in [-0.2, -0.15) is 9.57 Å². The minimum atomic E-state index is -3.53. The number of hydrogen-bond acceptors (Lipinski definition) is 5. The van der Waals surface area contributed by atoms with Crippen LogP contribution >= 0.6 is 0 Å². The predicted octanol–water partition coefficient (Wildman–Crippen LogP) is 3.38. The highest BCUT2D eigenvalue weighted by Crippen LogP contribution is 2.24. The Kier molecular flexibility index (Phi) is 6.75. The van der Waals surface area contributed by atoms with Crippen LogP contribution < -0.4 is 10.1 Å². The summed E-state index contributed by atoms with van der Waals surface area (Å²) < 4.78 is 32.8. The number of carbonyl (C=O) groups is 1. The Morgan fingerprint density at radius 2 is 1.87 bits per heavy atom. The molecule has 3 rings (SSSR count). The number of hydrogen-bond donors (Lipinski definition) is 1. The van der Waals surface area contributed by atoms with E-state index in [2.05, 4.69) is 12.2 Å². The van der Waals surface area contributed by atoms with Crippen LogP contribution in [0.25, 0.3) is 0 Å². The van der Waals surface area contributed by atoms with Crippen molar-refractivity contribution in [3.8, 4) is 11.8 Å². The van der Waals surface area contributed by atoms with Crippen LogP contribution in [0.1, 0.15) is 32.3 Å². The molecule has 2 aromatic carbocycles. The molecule has 30 heavy (non-hydrogen) atoms. The first-order valence-corrected chi connectivity index (χ1v) is 11.3. The zero-order valence-corrected chi connectivity index (χ0v) is 17.9. The number of nitriles is 1. The van der Waals surface area contributed by atoms with Crippen molar-refractivity contribution in [2.45, 2.75) is 37.7 Å². The van der Waals surface area contributed by atoms with Crippen molar-refractivity contribution in [2.24, 2.45) is 5.92 Å². The Bertz CT molecular complexity index is 1030. The third kappa shape index (κ3) is 5.17. The average molecular weight is 428 g/mol. The van der Waals surface area contributed by atoms with E-state index in [1.165, 1.54) is 16.4 Å². The summed E-state index contributed by atoms with van der Waals surface area (Å²) in [5, 5.41) is 11.5. The van der Waals surface area contributed by atoms with Gasteiger partial charge >= 0.3 is 0 Å². The van der Waals surface area contributed by atoms with Gasteiger partial charge in [0.25, 0.3) is 5.91 Å². The lowest BCUT2D eigenvalue weighted by Crippen LogP contribution is -2.39. The van der Waals surface area contributed by atoms with Crippen LogP contribution in [-0.4, -0.2) is 37.8 Å². The van der Waals surface area contributed by atoms with Crippen LogP contribution in [0.3, 0.4) is 0 Å². The quantitative estimate of drug-likeness (QED) is 0.762. The molecule has 2 atom stereocenters. The number of sulfonamides is 1. The zero-order chi connectivity index (χ0) is 21.7. The number of nitrogens with zero attached hydrogens (tertiary/aromatic N) is 2. The van der Waals surface area contributed by atoms with Crippen LogP contribution in [0.5, 0.6) is 5.75 Å². The van der Waals surface area contributed by atoms with Gasteiger partial charge in [-0.15, -0.1) is 0 Å². The maximum absolute atomic E-state index is 12.8. The molecule has 1 aliphatic rings. The first-order chi connectivity index (χ1) is 14.3. The largest absolute Gasteiger partial charge is 0.481 e. The minimum Gasteiger partial charge on any atom is -0.481 e. The number of anilines is 1. The molecule has 1 saturated heterocycles. The van der Waals surface area contributed by atoms with Crippen molar-refractivity contribution >= 4 is 21.6 Å². The van der Waals surface area contributed by atoms with Crippen LogP contribution in [0, 0.1) is 17.2 Å². The lowest BCUT2D eigenvalue weighted by atomic mass is 10.0. The molecule has 0 aliphatic carbocycles. The van der Waals surface area contributed by atoms with Crippen molar-refractivity contribution in [1.29, 1.82) is 5.26 Å². The van der Waals surface area contributed by atoms with Crippen molar-refractivity contribution < 1.29 is 17.9 Å². The number of ether oxygens (including phenoxy) is 1. The molecule has 8 heteroatoms. The van der Waals surface area contributed by atoms with Crippen molar-refractivity contribution in [3.05, 3.63) is 54.1 Å². The van der Waals surface area contributed by atoms with Crippen LogP contribution in [0.2, 0.25) is 0 Å². The molecule has 0 aromatic heterocycles. The van der Waals surface area contributed by atoms with Gasteiger partial charge in [0.05, 0.1) is 16.5 Å². The SMILES string of the molecule is CC1CCCN(S(=O)(=O)c2ccc(NC(=O)C(C)Oc3ccc(C#N)cc3)cc2)C1. The van der Waals surface area contributed by atoms with E-state index >= 15 is 0 Å². The molecule has 0 bridgehead atoms. The van der Waals surface area contributed by atoms with Crippen LogP contribution in [-0.2, 0) is 14.8 Å². The second-order valence-corrected chi connectivity index (χ2v) is 9.46. The molecular weight excluding hydrogens is 402 g/mol. The molecule has 158 valence electrons. The minimum absolute atomic E-state index is 0.219. The lowest BCUT2D eigenvalue weighted by molar-refractivity contribution is -0.122. The standard InChI is InChI=1S/C22H25N3O4S/c1-16-4-3-13-25(15-16)30(27,28)21-11-7-19(8-12-21)24-22(26)17(2)29-20-9-5-18(14-23)6-10-20/h5-12,16-17H,3-4,13,15H2,1-2H3,(H,24,26). The van der Waals surface area contributed by atoms with Gasteiger partial charge in [-0.3, -0.25) is 4.79 Å². The molecule has 1 amide bonds. The van der Waals surface area contributed by atoms with Gasteiger partial charge in [0, 0.05) is 18.8 Å². The second-order valence-electron chi connectivity index (χ2n) is 7.52. The first kappa shape index (κ1) is 21.8. The van der Waals surface area contributed by atoms with E-state index in [1.54, 1.807) is 43.3 Å². The second kappa shape index (κ2) is 9.28. The molecule has 0 saturated carbocycles. The van der Waals surface area contributed by atoms with E-state index in [9.17, 15) is 13.2 Å². The molecular formula is C22H25N3O4S. The number of rotatable bonds is 6. The van der Waals surface area contributed by atoms with Gasteiger partial charge in [-0.25, -0.2) is 8.42 Å². The molecule has 7 nitrogen and oxygen atoms in total. The van der Waals surface area contributed by atoms with Crippen molar-refractivity contribution in [1.82, 2.24) is 4.31 Å². The number of amides is 1. The molecule has 1 fully saturated rings. The molecule has 1 aliphatic heterocycles. The number of nitrogens with one attached hydrogen (secondary N) is 1. The summed E-state index contributed by atoms with van der Waals surface area (Å²) in [6, 6.07) is 14.7. The summed E-state index contributed by atoms with van der Waals surface area (Å²) in [4.78, 5) is 12.6. The molecule has 0 spiro atoms. The highest BCUT2D eigenvalue weighted by Gasteiger charge is 2.28. The number of benzene rings is 2. The Morgan fingerprint density at radius 1 is 1.20 bits per heavy atom. The van der Waals surface area contributed by atoms with E-state index in [4.69, 9.17) is 10.00 Å². The Labute approximate surface area is 177 Å². The molecule has 2 aromatic rings. The fourth-order valence-corrected chi connectivity index (χ4v) is 4.93. The predicted molar refractivity (Wildman–Crippen MR) is 113 cm³/mol. The highest BCUT2D eigenvalue weighted by atomic mass is 32.2. The number of carbonyl (C=O) groups excluding carboxylic acids is 1. The van der Waals surface area contributed by atoms with Crippen LogP contribution in [0.4, 0.5) is 5.69 Å². The Morgan fingerprint density at radius 3 is 2.47 bits per heavy atom. The lowest BCUT2D eigenvalue weighted by Gasteiger charge is -2.30. The first-order valence-electron chi connectivity index (χ1n) is 9.87.